The molecule has 0 aliphatic carbocycles. The molecule has 0 atom stereocenters. The molecule has 30 heavy (non-hydrogen) atoms. The smallest absolute Gasteiger partial charge is 0.308 e. The highest BCUT2D eigenvalue weighted by molar-refractivity contribution is 7.16. The number of thiophene rings is 1. The lowest BCUT2D eigenvalue weighted by Gasteiger charge is -2.17. The summed E-state index contributed by atoms with van der Waals surface area (Å²) in [4.78, 5) is 42.9. The number of carbonyl (C=O) groups excluding carboxylic acids is 2. The van der Waals surface area contributed by atoms with Crippen LogP contribution in [0.3, 0.4) is 0 Å². The highest BCUT2D eigenvalue weighted by Gasteiger charge is 2.13. The lowest BCUT2D eigenvalue weighted by atomic mass is 10.2. The van der Waals surface area contributed by atoms with E-state index in [-0.39, 0.29) is 31.0 Å². The first-order valence-electron chi connectivity index (χ1n) is 9.52. The van der Waals surface area contributed by atoms with Crippen LogP contribution in [0.4, 0.5) is 0 Å². The number of amides is 1. The van der Waals surface area contributed by atoms with Gasteiger partial charge in [0.05, 0.1) is 24.7 Å². The predicted octanol–water partition coefficient (Wildman–Crippen LogP) is 2.45. The molecule has 0 radical (unpaired) electrons. The van der Waals surface area contributed by atoms with Crippen molar-refractivity contribution in [3.8, 4) is 5.75 Å². The lowest BCUT2D eigenvalue weighted by molar-refractivity contribution is -0.151. The summed E-state index contributed by atoms with van der Waals surface area (Å²) < 4.78 is 11.8. The summed E-state index contributed by atoms with van der Waals surface area (Å²) >= 11 is 1.39. The van der Waals surface area contributed by atoms with E-state index in [9.17, 15) is 14.4 Å². The number of benzene rings is 1. The number of hydrogen-bond acceptors (Lipinski definition) is 7. The molecular weight excluding hydrogens is 406 g/mol. The van der Waals surface area contributed by atoms with Gasteiger partial charge in [0.1, 0.15) is 10.6 Å². The summed E-state index contributed by atoms with van der Waals surface area (Å²) in [6, 6.07) is 9.18. The van der Waals surface area contributed by atoms with E-state index in [1.807, 2.05) is 31.2 Å². The Morgan fingerprint density at radius 3 is 2.70 bits per heavy atom. The fourth-order valence-corrected chi connectivity index (χ4v) is 3.53. The third-order valence-electron chi connectivity index (χ3n) is 4.44. The second-order valence-corrected chi connectivity index (χ2v) is 7.51. The molecule has 0 saturated heterocycles. The average Bonchev–Trinajstić information content (AvgIpc) is 3.23. The van der Waals surface area contributed by atoms with Crippen LogP contribution < -0.4 is 10.3 Å². The molecule has 0 saturated carbocycles. The monoisotopic (exact) mass is 429 g/mol. The van der Waals surface area contributed by atoms with E-state index in [0.717, 1.165) is 11.3 Å². The van der Waals surface area contributed by atoms with Gasteiger partial charge in [0.15, 0.2) is 6.61 Å². The number of fused-ring (bicyclic) bond motifs is 1. The number of rotatable bonds is 9. The molecule has 158 valence electrons. The molecule has 0 aliphatic heterocycles. The second-order valence-electron chi connectivity index (χ2n) is 6.62. The van der Waals surface area contributed by atoms with Gasteiger partial charge in [-0.1, -0.05) is 12.1 Å². The van der Waals surface area contributed by atoms with Crippen molar-refractivity contribution in [2.75, 3.05) is 20.3 Å². The third kappa shape index (κ3) is 5.44. The highest BCUT2D eigenvalue weighted by Crippen LogP contribution is 2.14. The normalized spacial score (nSPS) is 10.7. The molecule has 2 aromatic heterocycles. The largest absolute Gasteiger partial charge is 0.494 e. The first kappa shape index (κ1) is 21.5. The zero-order valence-corrected chi connectivity index (χ0v) is 17.7. The molecule has 0 fully saturated rings. The Hall–Kier alpha value is -3.20. The molecule has 3 aromatic rings. The number of aryl methyl sites for hydroxylation is 1. The van der Waals surface area contributed by atoms with Gasteiger partial charge in [-0.3, -0.25) is 19.0 Å². The molecule has 8 nitrogen and oxygen atoms in total. The number of carbonyl (C=O) groups is 2. The van der Waals surface area contributed by atoms with E-state index in [0.29, 0.717) is 23.4 Å². The summed E-state index contributed by atoms with van der Waals surface area (Å²) in [6.07, 6.45) is 1.40. The summed E-state index contributed by atoms with van der Waals surface area (Å²) in [5.41, 5.74) is 0.747. The van der Waals surface area contributed by atoms with Crippen molar-refractivity contribution in [3.05, 3.63) is 58.0 Å². The van der Waals surface area contributed by atoms with E-state index in [2.05, 4.69) is 4.98 Å². The van der Waals surface area contributed by atoms with Gasteiger partial charge in [0.25, 0.3) is 11.5 Å². The maximum Gasteiger partial charge on any atom is 0.308 e. The van der Waals surface area contributed by atoms with Crippen molar-refractivity contribution in [1.82, 2.24) is 14.5 Å². The number of hydrogen-bond donors (Lipinski definition) is 0. The van der Waals surface area contributed by atoms with Gasteiger partial charge in [-0.15, -0.1) is 11.3 Å². The Bertz CT molecular complexity index is 1070. The van der Waals surface area contributed by atoms with Crippen LogP contribution in [0, 0.1) is 0 Å². The molecule has 0 N–H and O–H groups in total. The average molecular weight is 429 g/mol. The number of ether oxygens (including phenoxy) is 2. The van der Waals surface area contributed by atoms with Crippen LogP contribution in [0.5, 0.6) is 5.75 Å². The minimum Gasteiger partial charge on any atom is -0.494 e. The van der Waals surface area contributed by atoms with Crippen LogP contribution >= 0.6 is 11.3 Å². The fraction of sp³-hybridized carbons (Fsp3) is 0.333. The quantitative estimate of drug-likeness (QED) is 0.485. The SMILES string of the molecule is CCOc1ccc(CN(C)C(=O)COC(=O)CCn2cnc3sccc3c2=O)cc1. The van der Waals surface area contributed by atoms with E-state index >= 15 is 0 Å². The summed E-state index contributed by atoms with van der Waals surface area (Å²) in [5.74, 6) is -0.0810. The van der Waals surface area contributed by atoms with Crippen LogP contribution in [0.15, 0.2) is 46.8 Å². The maximum atomic E-state index is 12.3. The molecule has 3 rings (SSSR count). The first-order valence-corrected chi connectivity index (χ1v) is 10.4. The van der Waals surface area contributed by atoms with Crippen LogP contribution in [-0.4, -0.2) is 46.6 Å². The number of likely N-dealkylation sites (N-methyl/N-ethyl adjacent to an activating group) is 1. The van der Waals surface area contributed by atoms with Crippen molar-refractivity contribution >= 4 is 33.4 Å². The number of nitrogens with zero attached hydrogens (tertiary/aromatic N) is 3. The van der Waals surface area contributed by atoms with Gasteiger partial charge in [0.2, 0.25) is 0 Å². The van der Waals surface area contributed by atoms with Gasteiger partial charge in [-0.25, -0.2) is 4.98 Å². The van der Waals surface area contributed by atoms with E-state index in [1.54, 1.807) is 18.5 Å². The Labute approximate surface area is 177 Å². The van der Waals surface area contributed by atoms with Gasteiger partial charge in [-0.05, 0) is 36.1 Å². The molecule has 2 heterocycles. The minimum absolute atomic E-state index is 0.0207. The van der Waals surface area contributed by atoms with Crippen LogP contribution in [0.25, 0.3) is 10.2 Å². The fourth-order valence-electron chi connectivity index (χ4n) is 2.81. The van der Waals surface area contributed by atoms with Crippen LogP contribution in [0.2, 0.25) is 0 Å². The summed E-state index contributed by atoms with van der Waals surface area (Å²) in [5, 5.41) is 2.33. The van der Waals surface area contributed by atoms with Crippen molar-refractivity contribution in [3.63, 3.8) is 0 Å². The summed E-state index contributed by atoms with van der Waals surface area (Å²) in [6.45, 7) is 2.70. The van der Waals surface area contributed by atoms with Crippen molar-refractivity contribution in [1.29, 1.82) is 0 Å². The van der Waals surface area contributed by atoms with Crippen LogP contribution in [0.1, 0.15) is 18.9 Å². The zero-order valence-electron chi connectivity index (χ0n) is 16.9. The molecular formula is C21H23N3O5S. The first-order chi connectivity index (χ1) is 14.5. The van der Waals surface area contributed by atoms with Gasteiger partial charge in [-0.2, -0.15) is 0 Å². The van der Waals surface area contributed by atoms with Crippen molar-refractivity contribution in [2.24, 2.45) is 0 Å². The third-order valence-corrected chi connectivity index (χ3v) is 5.26. The predicted molar refractivity (Wildman–Crippen MR) is 114 cm³/mol. The molecule has 0 aliphatic rings. The second kappa shape index (κ2) is 10.0. The minimum atomic E-state index is -0.546. The Kier molecular flexibility index (Phi) is 7.18. The summed E-state index contributed by atoms with van der Waals surface area (Å²) in [7, 11) is 1.65. The van der Waals surface area contributed by atoms with Gasteiger partial charge < -0.3 is 14.4 Å². The molecule has 9 heteroatoms. The number of aromatic nitrogens is 2. The Morgan fingerprint density at radius 2 is 1.97 bits per heavy atom. The van der Waals surface area contributed by atoms with E-state index < -0.39 is 5.97 Å². The van der Waals surface area contributed by atoms with Gasteiger partial charge >= 0.3 is 5.97 Å². The Morgan fingerprint density at radius 1 is 1.20 bits per heavy atom. The molecule has 0 spiro atoms. The molecule has 1 aromatic carbocycles. The van der Waals surface area contributed by atoms with E-state index in [4.69, 9.17) is 9.47 Å². The molecule has 0 unspecified atom stereocenters. The standard InChI is InChI=1S/C21H23N3O5S/c1-3-28-16-6-4-15(5-7-16)12-23(2)18(25)13-29-19(26)8-10-24-14-22-20-17(21(24)27)9-11-30-20/h4-7,9,11,14H,3,8,10,12-13H2,1-2H3. The molecule has 0 bridgehead atoms. The van der Waals surface area contributed by atoms with Crippen molar-refractivity contribution < 1.29 is 19.1 Å². The lowest BCUT2D eigenvalue weighted by Crippen LogP contribution is -2.31. The van der Waals surface area contributed by atoms with Crippen molar-refractivity contribution in [2.45, 2.75) is 26.4 Å². The van der Waals surface area contributed by atoms with E-state index in [1.165, 1.54) is 27.1 Å². The topological polar surface area (TPSA) is 90.7 Å². The van der Waals surface area contributed by atoms with Crippen LogP contribution in [-0.2, 0) is 27.4 Å². The zero-order chi connectivity index (χ0) is 21.5. The number of esters is 1. The maximum absolute atomic E-state index is 12.3. The van der Waals surface area contributed by atoms with Gasteiger partial charge in [0, 0.05) is 20.1 Å². The highest BCUT2D eigenvalue weighted by atomic mass is 32.1. The Balaban J connectivity index is 1.44. The molecule has 1 amide bonds.